The molecular formula is C32H44N4O5. The lowest BCUT2D eigenvalue weighted by atomic mass is 9.97. The molecule has 2 aliphatic rings. The minimum atomic E-state index is -0.681. The number of rotatable bonds is 12. The van der Waals surface area contributed by atoms with Gasteiger partial charge in [-0.3, -0.25) is 14.9 Å². The number of piperidine rings is 2. The molecule has 0 radical (unpaired) electrons. The van der Waals surface area contributed by atoms with Gasteiger partial charge < -0.3 is 24.5 Å². The molecule has 0 aliphatic carbocycles. The average molecular weight is 565 g/mol. The third-order valence-corrected chi connectivity index (χ3v) is 8.29. The number of likely N-dealkylation sites (N-methyl/N-ethyl adjacent to an activating group) is 1. The number of nitrogens with one attached hydrogen (secondary N) is 1. The summed E-state index contributed by atoms with van der Waals surface area (Å²) in [5.41, 5.74) is 2.72. The van der Waals surface area contributed by atoms with Crippen LogP contribution < -0.4 is 5.32 Å². The predicted octanol–water partition coefficient (Wildman–Crippen LogP) is 4.79. The molecule has 2 aromatic carbocycles. The van der Waals surface area contributed by atoms with Crippen molar-refractivity contribution in [2.75, 3.05) is 58.2 Å². The number of carboxylic acid groups (broad SMARTS) is 1. The molecule has 222 valence electrons. The predicted molar refractivity (Wildman–Crippen MR) is 160 cm³/mol. The summed E-state index contributed by atoms with van der Waals surface area (Å²) in [5.74, 6) is -0.715. The maximum absolute atomic E-state index is 12.7. The Morgan fingerprint density at radius 3 is 2.22 bits per heavy atom. The monoisotopic (exact) mass is 564 g/mol. The summed E-state index contributed by atoms with van der Waals surface area (Å²) >= 11 is 0. The zero-order chi connectivity index (χ0) is 29.0. The summed E-state index contributed by atoms with van der Waals surface area (Å²) in [6.45, 7) is 5.75. The Bertz CT molecular complexity index is 1130. The number of ether oxygens (including phenoxy) is 1. The molecular weight excluding hydrogens is 520 g/mol. The lowest BCUT2D eigenvalue weighted by molar-refractivity contribution is -0.143. The van der Waals surface area contributed by atoms with Crippen LogP contribution in [0.25, 0.3) is 11.1 Å². The maximum atomic E-state index is 12.7. The molecule has 2 amide bonds. The molecule has 0 bridgehead atoms. The highest BCUT2D eigenvalue weighted by Gasteiger charge is 2.25. The number of benzene rings is 2. The molecule has 4 rings (SSSR count). The van der Waals surface area contributed by atoms with Crippen LogP contribution in [0.5, 0.6) is 0 Å². The smallest absolute Gasteiger partial charge is 0.411 e. The zero-order valence-corrected chi connectivity index (χ0v) is 24.2. The second kappa shape index (κ2) is 15.5. The number of aliphatic carboxylic acids is 1. The Balaban J connectivity index is 1.08. The van der Waals surface area contributed by atoms with Crippen LogP contribution in [0, 0.1) is 5.92 Å². The second-order valence-electron chi connectivity index (χ2n) is 11.2. The highest BCUT2D eigenvalue weighted by Crippen LogP contribution is 2.28. The van der Waals surface area contributed by atoms with Crippen molar-refractivity contribution in [2.45, 2.75) is 51.0 Å². The standard InChI is InChI=1S/C32H44N4O5/c1-34(30(37)13-7-8-18-35-19-14-26(15-20-35)31(38)39)23-24-36-21-16-27(17-22-36)41-32(40)33-29-12-6-5-11-28(29)25-9-3-2-4-10-25/h2-6,9-12,26-27H,7-8,13-24H2,1H3,(H,33,40)(H,38,39). The van der Waals surface area contributed by atoms with Crippen molar-refractivity contribution in [1.82, 2.24) is 14.7 Å². The Labute approximate surface area is 243 Å². The van der Waals surface area contributed by atoms with Crippen molar-refractivity contribution in [2.24, 2.45) is 5.92 Å². The van der Waals surface area contributed by atoms with Gasteiger partial charge in [0.1, 0.15) is 6.10 Å². The van der Waals surface area contributed by atoms with Crippen LogP contribution in [0.15, 0.2) is 54.6 Å². The number of unbranched alkanes of at least 4 members (excludes halogenated alkanes) is 1. The van der Waals surface area contributed by atoms with Gasteiger partial charge in [-0.05, 0) is 69.8 Å². The van der Waals surface area contributed by atoms with Gasteiger partial charge >= 0.3 is 12.1 Å². The molecule has 0 aromatic heterocycles. The van der Waals surface area contributed by atoms with E-state index in [1.54, 1.807) is 0 Å². The highest BCUT2D eigenvalue weighted by atomic mass is 16.6. The third kappa shape index (κ3) is 9.57. The van der Waals surface area contributed by atoms with E-state index in [1.165, 1.54) is 0 Å². The van der Waals surface area contributed by atoms with Crippen LogP contribution in [0.1, 0.15) is 44.9 Å². The van der Waals surface area contributed by atoms with Gasteiger partial charge in [0.05, 0.1) is 11.6 Å². The van der Waals surface area contributed by atoms with E-state index >= 15 is 0 Å². The summed E-state index contributed by atoms with van der Waals surface area (Å²) in [5, 5.41) is 12.0. The van der Waals surface area contributed by atoms with E-state index in [1.807, 2.05) is 66.5 Å². The Kier molecular flexibility index (Phi) is 11.6. The van der Waals surface area contributed by atoms with Gasteiger partial charge in [-0.2, -0.15) is 0 Å². The third-order valence-electron chi connectivity index (χ3n) is 8.29. The fourth-order valence-corrected chi connectivity index (χ4v) is 5.63. The number of hydrogen-bond donors (Lipinski definition) is 2. The molecule has 2 saturated heterocycles. The van der Waals surface area contributed by atoms with E-state index in [0.717, 1.165) is 94.6 Å². The molecule has 0 atom stereocenters. The first-order valence-corrected chi connectivity index (χ1v) is 14.9. The molecule has 41 heavy (non-hydrogen) atoms. The van der Waals surface area contributed by atoms with Crippen molar-refractivity contribution in [1.29, 1.82) is 0 Å². The number of likely N-dealkylation sites (tertiary alicyclic amines) is 2. The molecule has 2 aromatic rings. The summed E-state index contributed by atoms with van der Waals surface area (Å²) in [7, 11) is 1.87. The lowest BCUT2D eigenvalue weighted by Gasteiger charge is -2.32. The Morgan fingerprint density at radius 2 is 1.51 bits per heavy atom. The minimum absolute atomic E-state index is 0.121. The van der Waals surface area contributed by atoms with Gasteiger partial charge in [-0.25, -0.2) is 4.79 Å². The number of nitrogens with zero attached hydrogens (tertiary/aromatic N) is 3. The summed E-state index contributed by atoms with van der Waals surface area (Å²) in [4.78, 5) is 42.8. The molecule has 2 aliphatic heterocycles. The van der Waals surface area contributed by atoms with Crippen molar-refractivity contribution >= 4 is 23.7 Å². The maximum Gasteiger partial charge on any atom is 0.411 e. The highest BCUT2D eigenvalue weighted by molar-refractivity contribution is 5.91. The normalized spacial score (nSPS) is 17.2. The number of carboxylic acids is 1. The van der Waals surface area contributed by atoms with Gasteiger partial charge in [0.25, 0.3) is 0 Å². The van der Waals surface area contributed by atoms with E-state index in [2.05, 4.69) is 15.1 Å². The van der Waals surface area contributed by atoms with Crippen molar-refractivity contribution in [3.63, 3.8) is 0 Å². The molecule has 2 heterocycles. The van der Waals surface area contributed by atoms with Crippen LogP contribution in [0.4, 0.5) is 10.5 Å². The van der Waals surface area contributed by atoms with Crippen molar-refractivity contribution < 1.29 is 24.2 Å². The van der Waals surface area contributed by atoms with E-state index in [4.69, 9.17) is 9.84 Å². The number of anilines is 1. The van der Waals surface area contributed by atoms with Gasteiger partial charge in [-0.15, -0.1) is 0 Å². The second-order valence-corrected chi connectivity index (χ2v) is 11.2. The summed E-state index contributed by atoms with van der Waals surface area (Å²) < 4.78 is 5.74. The molecule has 0 spiro atoms. The number of carbonyl (C=O) groups is 3. The van der Waals surface area contributed by atoms with Crippen molar-refractivity contribution in [3.8, 4) is 11.1 Å². The van der Waals surface area contributed by atoms with Crippen LogP contribution in [-0.2, 0) is 14.3 Å². The van der Waals surface area contributed by atoms with E-state index < -0.39 is 12.1 Å². The van der Waals surface area contributed by atoms with Crippen LogP contribution in [0.2, 0.25) is 0 Å². The minimum Gasteiger partial charge on any atom is -0.481 e. The molecule has 9 heteroatoms. The largest absolute Gasteiger partial charge is 0.481 e. The van der Waals surface area contributed by atoms with Crippen LogP contribution in [0.3, 0.4) is 0 Å². The number of amides is 2. The van der Waals surface area contributed by atoms with Gasteiger partial charge in [0.15, 0.2) is 0 Å². The number of para-hydroxylation sites is 1. The molecule has 2 fully saturated rings. The topological polar surface area (TPSA) is 102 Å². The van der Waals surface area contributed by atoms with Crippen LogP contribution in [-0.4, -0.2) is 96.7 Å². The summed E-state index contributed by atoms with van der Waals surface area (Å²) in [6.07, 6.45) is 4.78. The van der Waals surface area contributed by atoms with Crippen molar-refractivity contribution in [3.05, 3.63) is 54.6 Å². The Hall–Kier alpha value is -3.43. The quantitative estimate of drug-likeness (QED) is 0.357. The first-order chi connectivity index (χ1) is 19.9. The van der Waals surface area contributed by atoms with Gasteiger partial charge in [0, 0.05) is 45.2 Å². The first kappa shape index (κ1) is 30.5. The molecule has 0 unspecified atom stereocenters. The lowest BCUT2D eigenvalue weighted by Crippen LogP contribution is -2.42. The van der Waals surface area contributed by atoms with E-state index in [-0.39, 0.29) is 17.9 Å². The van der Waals surface area contributed by atoms with E-state index in [9.17, 15) is 14.4 Å². The summed E-state index contributed by atoms with van der Waals surface area (Å²) in [6, 6.07) is 17.7. The number of hydrogen-bond acceptors (Lipinski definition) is 6. The molecule has 9 nitrogen and oxygen atoms in total. The van der Waals surface area contributed by atoms with E-state index in [0.29, 0.717) is 13.0 Å². The molecule has 0 saturated carbocycles. The van der Waals surface area contributed by atoms with Crippen LogP contribution >= 0.6 is 0 Å². The SMILES string of the molecule is CN(CCN1CCC(OC(=O)Nc2ccccc2-c2ccccc2)CC1)C(=O)CCCCN1CCC(C(=O)O)CC1. The van der Waals surface area contributed by atoms with Gasteiger partial charge in [-0.1, -0.05) is 48.5 Å². The fraction of sp³-hybridized carbons (Fsp3) is 0.531. The number of carbonyl (C=O) groups excluding carboxylic acids is 2. The first-order valence-electron chi connectivity index (χ1n) is 14.9. The Morgan fingerprint density at radius 1 is 0.878 bits per heavy atom. The van der Waals surface area contributed by atoms with Gasteiger partial charge in [0.2, 0.25) is 5.91 Å². The zero-order valence-electron chi connectivity index (χ0n) is 24.2. The fourth-order valence-electron chi connectivity index (χ4n) is 5.63. The molecule has 2 N–H and O–H groups in total. The average Bonchev–Trinajstić information content (AvgIpc) is 2.99.